The Bertz CT molecular complexity index is 420. The molecule has 1 unspecified atom stereocenters. The van der Waals surface area contributed by atoms with Crippen LogP contribution in [0, 0.1) is 0 Å². The minimum atomic E-state index is -0.0486. The fourth-order valence-electron chi connectivity index (χ4n) is 2.05. The highest BCUT2D eigenvalue weighted by atomic mass is 35.5. The van der Waals surface area contributed by atoms with Gasteiger partial charge >= 0.3 is 0 Å². The van der Waals surface area contributed by atoms with Gasteiger partial charge in [0.1, 0.15) is 5.82 Å². The highest BCUT2D eigenvalue weighted by Gasteiger charge is 2.18. The third-order valence-corrected chi connectivity index (χ3v) is 2.93. The first-order valence-corrected chi connectivity index (χ1v) is 5.79. The molecule has 1 atom stereocenters. The highest BCUT2D eigenvalue weighted by molar-refractivity contribution is 5.85. The maximum Gasteiger partial charge on any atom is 0.266 e. The Balaban J connectivity index is 0.00000144. The van der Waals surface area contributed by atoms with Crippen molar-refractivity contribution in [3.63, 3.8) is 0 Å². The average Bonchev–Trinajstić information content (AvgIpc) is 2.29. The maximum atomic E-state index is 11.4. The van der Waals surface area contributed by atoms with Crippen molar-refractivity contribution >= 4 is 18.2 Å². The van der Waals surface area contributed by atoms with Crippen molar-refractivity contribution < 1.29 is 0 Å². The predicted molar refractivity (Wildman–Crippen MR) is 70.8 cm³/mol. The van der Waals surface area contributed by atoms with Gasteiger partial charge in [0.15, 0.2) is 0 Å². The van der Waals surface area contributed by atoms with Crippen LogP contribution in [0.2, 0.25) is 0 Å². The molecule has 0 amide bonds. The van der Waals surface area contributed by atoms with Crippen LogP contribution in [0.15, 0.2) is 16.9 Å². The Morgan fingerprint density at radius 3 is 2.94 bits per heavy atom. The van der Waals surface area contributed by atoms with Gasteiger partial charge < -0.3 is 10.6 Å². The molecule has 1 aromatic rings. The summed E-state index contributed by atoms with van der Waals surface area (Å²) in [6.07, 6.45) is 2.16. The number of nitrogens with two attached hydrogens (primary N) is 1. The lowest BCUT2D eigenvalue weighted by molar-refractivity contribution is 0.495. The van der Waals surface area contributed by atoms with Gasteiger partial charge in [-0.2, -0.15) is 5.10 Å². The second-order valence-corrected chi connectivity index (χ2v) is 4.19. The van der Waals surface area contributed by atoms with Crippen LogP contribution in [0.3, 0.4) is 0 Å². The van der Waals surface area contributed by atoms with Crippen LogP contribution in [-0.4, -0.2) is 28.9 Å². The number of hydrogen-bond donors (Lipinski definition) is 1. The van der Waals surface area contributed by atoms with Gasteiger partial charge in [0, 0.05) is 31.7 Å². The fourth-order valence-corrected chi connectivity index (χ4v) is 2.05. The Kier molecular flexibility index (Phi) is 4.96. The Hall–Kier alpha value is -1.07. The third-order valence-electron chi connectivity index (χ3n) is 2.93. The van der Waals surface area contributed by atoms with Crippen LogP contribution in [0.1, 0.15) is 19.8 Å². The fraction of sp³-hybridized carbons (Fsp3) is 0.636. The first kappa shape index (κ1) is 14.0. The molecule has 1 fully saturated rings. The second-order valence-electron chi connectivity index (χ2n) is 4.19. The number of anilines is 1. The predicted octanol–water partition coefficient (Wildman–Crippen LogP) is 0.612. The number of aryl methyl sites for hydroxylation is 1. The third kappa shape index (κ3) is 3.20. The average molecular weight is 259 g/mol. The van der Waals surface area contributed by atoms with E-state index in [9.17, 15) is 4.79 Å². The van der Waals surface area contributed by atoms with E-state index in [1.165, 1.54) is 4.68 Å². The molecule has 0 bridgehead atoms. The molecule has 0 aromatic carbocycles. The highest BCUT2D eigenvalue weighted by Crippen LogP contribution is 2.15. The summed E-state index contributed by atoms with van der Waals surface area (Å²) in [6, 6.07) is 3.58. The standard InChI is InChI=1S/C11H18N4O.ClH/c1-2-15-11(16)6-5-10(13-15)14-7-3-4-9(12)8-14;/h5-6,9H,2-4,7-8,12H2,1H3;1H. The molecular formula is C11H19ClN4O. The zero-order chi connectivity index (χ0) is 11.5. The lowest BCUT2D eigenvalue weighted by atomic mass is 10.1. The minimum Gasteiger partial charge on any atom is -0.354 e. The zero-order valence-corrected chi connectivity index (χ0v) is 10.8. The molecule has 0 radical (unpaired) electrons. The van der Waals surface area contributed by atoms with E-state index < -0.39 is 0 Å². The normalized spacial score (nSPS) is 19.9. The van der Waals surface area contributed by atoms with Crippen LogP contribution in [0.5, 0.6) is 0 Å². The summed E-state index contributed by atoms with van der Waals surface area (Å²) >= 11 is 0. The van der Waals surface area contributed by atoms with Crippen LogP contribution in [0.4, 0.5) is 5.82 Å². The van der Waals surface area contributed by atoms with Crippen molar-refractivity contribution in [3.8, 4) is 0 Å². The number of hydrogen-bond acceptors (Lipinski definition) is 4. The first-order valence-electron chi connectivity index (χ1n) is 5.79. The van der Waals surface area contributed by atoms with E-state index in [1.54, 1.807) is 12.1 Å². The smallest absolute Gasteiger partial charge is 0.266 e. The van der Waals surface area contributed by atoms with Crippen LogP contribution in [0.25, 0.3) is 0 Å². The number of aromatic nitrogens is 2. The van der Waals surface area contributed by atoms with Crippen molar-refractivity contribution in [2.75, 3.05) is 18.0 Å². The van der Waals surface area contributed by atoms with Gasteiger partial charge in [-0.1, -0.05) is 0 Å². The second kappa shape index (κ2) is 6.02. The number of piperidine rings is 1. The molecule has 2 N–H and O–H groups in total. The molecule has 1 saturated heterocycles. The van der Waals surface area contributed by atoms with Crippen molar-refractivity contribution in [2.45, 2.75) is 32.4 Å². The number of halogens is 1. The summed E-state index contributed by atoms with van der Waals surface area (Å²) in [6.45, 7) is 4.32. The lowest BCUT2D eigenvalue weighted by Gasteiger charge is -2.31. The monoisotopic (exact) mass is 258 g/mol. The summed E-state index contributed by atoms with van der Waals surface area (Å²) in [5, 5.41) is 4.32. The molecular weight excluding hydrogens is 240 g/mol. The van der Waals surface area contributed by atoms with E-state index in [4.69, 9.17) is 5.73 Å². The van der Waals surface area contributed by atoms with Crippen LogP contribution in [-0.2, 0) is 6.54 Å². The van der Waals surface area contributed by atoms with Crippen molar-refractivity contribution in [2.24, 2.45) is 5.73 Å². The summed E-state index contributed by atoms with van der Waals surface area (Å²) in [5.41, 5.74) is 5.88. The summed E-state index contributed by atoms with van der Waals surface area (Å²) in [4.78, 5) is 13.6. The van der Waals surface area contributed by atoms with Crippen LogP contribution >= 0.6 is 12.4 Å². The SMILES string of the molecule is CCn1nc(N2CCCC(N)C2)ccc1=O.Cl. The largest absolute Gasteiger partial charge is 0.354 e. The molecule has 2 rings (SSSR count). The lowest BCUT2D eigenvalue weighted by Crippen LogP contribution is -2.43. The van der Waals surface area contributed by atoms with Gasteiger partial charge in [-0.3, -0.25) is 4.79 Å². The van der Waals surface area contributed by atoms with Gasteiger partial charge in [0.05, 0.1) is 0 Å². The van der Waals surface area contributed by atoms with Gasteiger partial charge in [-0.15, -0.1) is 12.4 Å². The molecule has 2 heterocycles. The first-order chi connectivity index (χ1) is 7.70. The quantitative estimate of drug-likeness (QED) is 0.844. The molecule has 1 aliphatic rings. The van der Waals surface area contributed by atoms with E-state index >= 15 is 0 Å². The van der Waals surface area contributed by atoms with E-state index in [2.05, 4.69) is 10.00 Å². The Morgan fingerprint density at radius 2 is 2.29 bits per heavy atom. The minimum absolute atomic E-state index is 0. The van der Waals surface area contributed by atoms with Crippen LogP contribution < -0.4 is 16.2 Å². The van der Waals surface area contributed by atoms with Crippen molar-refractivity contribution in [3.05, 3.63) is 22.5 Å². The molecule has 5 nitrogen and oxygen atoms in total. The van der Waals surface area contributed by atoms with Gasteiger partial charge in [0.25, 0.3) is 5.56 Å². The molecule has 96 valence electrons. The van der Waals surface area contributed by atoms with E-state index in [-0.39, 0.29) is 24.0 Å². The van der Waals surface area contributed by atoms with Crippen molar-refractivity contribution in [1.29, 1.82) is 0 Å². The van der Waals surface area contributed by atoms with E-state index in [0.29, 0.717) is 6.54 Å². The molecule has 17 heavy (non-hydrogen) atoms. The number of rotatable bonds is 2. The molecule has 0 saturated carbocycles. The summed E-state index contributed by atoms with van der Waals surface area (Å²) in [5.74, 6) is 0.858. The van der Waals surface area contributed by atoms with E-state index in [0.717, 1.165) is 31.7 Å². The topological polar surface area (TPSA) is 64.2 Å². The molecule has 1 aromatic heterocycles. The molecule has 1 aliphatic heterocycles. The molecule has 0 aliphatic carbocycles. The van der Waals surface area contributed by atoms with Gasteiger partial charge in [0.2, 0.25) is 0 Å². The molecule has 0 spiro atoms. The number of nitrogens with zero attached hydrogens (tertiary/aromatic N) is 3. The maximum absolute atomic E-state index is 11.4. The van der Waals surface area contributed by atoms with Crippen molar-refractivity contribution in [1.82, 2.24) is 9.78 Å². The Labute approximate surface area is 107 Å². The van der Waals surface area contributed by atoms with Gasteiger partial charge in [-0.05, 0) is 25.8 Å². The van der Waals surface area contributed by atoms with E-state index in [1.807, 2.05) is 6.92 Å². The molecule has 6 heteroatoms. The van der Waals surface area contributed by atoms with Gasteiger partial charge in [-0.25, -0.2) is 4.68 Å². The summed E-state index contributed by atoms with van der Waals surface area (Å²) in [7, 11) is 0. The Morgan fingerprint density at radius 1 is 1.53 bits per heavy atom. The summed E-state index contributed by atoms with van der Waals surface area (Å²) < 4.78 is 1.48. The zero-order valence-electron chi connectivity index (χ0n) is 10.0.